The summed E-state index contributed by atoms with van der Waals surface area (Å²) in [5.41, 5.74) is 2.52. The molecule has 9 nitrogen and oxygen atoms in total. The minimum atomic E-state index is -4.78. The van der Waals surface area contributed by atoms with E-state index in [0.717, 1.165) is 36.4 Å². The average molecular weight is 568 g/mol. The fourth-order valence-corrected chi connectivity index (χ4v) is 5.39. The highest BCUT2D eigenvalue weighted by Crippen LogP contribution is 2.25. The van der Waals surface area contributed by atoms with E-state index in [-0.39, 0.29) is 24.3 Å². The van der Waals surface area contributed by atoms with Crippen LogP contribution in [-0.2, 0) is 25.8 Å². The number of anilines is 2. The molecule has 208 valence electrons. The number of aromatic nitrogens is 3. The Morgan fingerprint density at radius 2 is 1.75 bits per heavy atom. The van der Waals surface area contributed by atoms with Gasteiger partial charge in [-0.25, -0.2) is 18.4 Å². The molecular formula is C28H27F2N5O4S. The van der Waals surface area contributed by atoms with E-state index >= 15 is 0 Å². The van der Waals surface area contributed by atoms with E-state index in [9.17, 15) is 22.0 Å². The molecule has 3 aromatic heterocycles. The highest BCUT2D eigenvalue weighted by atomic mass is 32.2. The van der Waals surface area contributed by atoms with E-state index in [1.165, 1.54) is 12.1 Å². The lowest BCUT2D eigenvalue weighted by atomic mass is 10.1. The lowest BCUT2D eigenvalue weighted by molar-refractivity contribution is -0.115. The molecule has 1 saturated heterocycles. The highest BCUT2D eigenvalue weighted by Gasteiger charge is 2.27. The van der Waals surface area contributed by atoms with Gasteiger partial charge in [-0.05, 0) is 62.4 Å². The van der Waals surface area contributed by atoms with Crippen molar-refractivity contribution in [3.8, 4) is 11.4 Å². The highest BCUT2D eigenvalue weighted by molar-refractivity contribution is 7.91. The Morgan fingerprint density at radius 3 is 2.50 bits per heavy atom. The van der Waals surface area contributed by atoms with Crippen molar-refractivity contribution in [3.05, 3.63) is 72.6 Å². The third-order valence-corrected chi connectivity index (χ3v) is 7.77. The van der Waals surface area contributed by atoms with Gasteiger partial charge in [0, 0.05) is 30.4 Å². The summed E-state index contributed by atoms with van der Waals surface area (Å²) < 4.78 is 55.1. The van der Waals surface area contributed by atoms with E-state index in [0.29, 0.717) is 22.6 Å². The largest absolute Gasteiger partial charge is 0.372 e. The van der Waals surface area contributed by atoms with Crippen LogP contribution in [0.15, 0.2) is 71.8 Å². The zero-order chi connectivity index (χ0) is 28.4. The maximum atomic E-state index is 12.9. The molecule has 1 aromatic carbocycles. The lowest BCUT2D eigenvalue weighted by Crippen LogP contribution is -2.45. The van der Waals surface area contributed by atoms with Gasteiger partial charge in [0.15, 0.2) is 0 Å². The van der Waals surface area contributed by atoms with Crippen LogP contribution in [0.2, 0.25) is 0 Å². The van der Waals surface area contributed by atoms with Crippen molar-refractivity contribution < 1.29 is 26.7 Å². The monoisotopic (exact) mass is 567 g/mol. The van der Waals surface area contributed by atoms with Gasteiger partial charge in [-0.2, -0.15) is 8.78 Å². The summed E-state index contributed by atoms with van der Waals surface area (Å²) in [7, 11) is -4.78. The molecule has 1 aliphatic rings. The van der Waals surface area contributed by atoms with Gasteiger partial charge in [-0.1, -0.05) is 12.1 Å². The molecule has 5 rings (SSSR count). The number of morpholine rings is 1. The Morgan fingerprint density at radius 1 is 1.02 bits per heavy atom. The van der Waals surface area contributed by atoms with E-state index < -0.39 is 26.4 Å². The number of carbonyl (C=O) groups excluding carboxylic acids is 1. The van der Waals surface area contributed by atoms with Gasteiger partial charge in [0.1, 0.15) is 5.82 Å². The van der Waals surface area contributed by atoms with Crippen molar-refractivity contribution in [2.24, 2.45) is 0 Å². The lowest BCUT2D eigenvalue weighted by Gasteiger charge is -2.36. The van der Waals surface area contributed by atoms with Crippen LogP contribution in [0.3, 0.4) is 0 Å². The number of nitrogens with zero attached hydrogens (tertiary/aromatic N) is 4. The van der Waals surface area contributed by atoms with Crippen LogP contribution in [-0.4, -0.2) is 60.3 Å². The first kappa shape index (κ1) is 27.5. The van der Waals surface area contributed by atoms with Crippen LogP contribution in [0.1, 0.15) is 19.5 Å². The summed E-state index contributed by atoms with van der Waals surface area (Å²) in [6, 6.07) is 16.0. The number of sulfone groups is 1. The predicted molar refractivity (Wildman–Crippen MR) is 147 cm³/mol. The van der Waals surface area contributed by atoms with Crippen molar-refractivity contribution >= 4 is 38.2 Å². The first-order valence-electron chi connectivity index (χ1n) is 12.6. The molecule has 1 amide bonds. The Hall–Kier alpha value is -4.03. The minimum Gasteiger partial charge on any atom is -0.372 e. The van der Waals surface area contributed by atoms with E-state index in [4.69, 9.17) is 14.7 Å². The molecule has 0 radical (unpaired) electrons. The summed E-state index contributed by atoms with van der Waals surface area (Å²) in [6.45, 7) is 5.57. The summed E-state index contributed by atoms with van der Waals surface area (Å²) in [5.74, 6) is -3.20. The number of nitrogens with one attached hydrogen (secondary N) is 1. The molecule has 4 aromatic rings. The van der Waals surface area contributed by atoms with Crippen LogP contribution in [0.4, 0.5) is 20.3 Å². The number of amides is 1. The number of carbonyl (C=O) groups is 1. The summed E-state index contributed by atoms with van der Waals surface area (Å²) >= 11 is 0. The molecule has 0 spiro atoms. The number of hydrogen-bond acceptors (Lipinski definition) is 8. The first-order valence-corrected chi connectivity index (χ1v) is 14.2. The molecule has 2 atom stereocenters. The zero-order valence-corrected chi connectivity index (χ0v) is 22.6. The number of fused-ring (bicyclic) bond motifs is 1. The molecule has 40 heavy (non-hydrogen) atoms. The molecule has 1 N–H and O–H groups in total. The Labute approximate surface area is 230 Å². The summed E-state index contributed by atoms with van der Waals surface area (Å²) in [5, 5.41) is 3.32. The van der Waals surface area contributed by atoms with Crippen LogP contribution in [0.25, 0.3) is 22.3 Å². The third-order valence-electron chi connectivity index (χ3n) is 6.39. The minimum absolute atomic E-state index is 0.0861. The molecule has 4 heterocycles. The zero-order valence-electron chi connectivity index (χ0n) is 21.8. The average Bonchev–Trinajstić information content (AvgIpc) is 2.92. The van der Waals surface area contributed by atoms with Gasteiger partial charge in [0.2, 0.25) is 15.7 Å². The maximum absolute atomic E-state index is 12.9. The Kier molecular flexibility index (Phi) is 7.72. The van der Waals surface area contributed by atoms with Crippen LogP contribution in [0.5, 0.6) is 0 Å². The molecule has 12 heteroatoms. The summed E-state index contributed by atoms with van der Waals surface area (Å²) in [4.78, 5) is 28.2. The second-order valence-corrected chi connectivity index (χ2v) is 11.6. The standard InChI is InChI=1S/C28H27F2N5O4S/c1-17-15-35(16-18(2)39-17)26-8-4-7-23(34-26)24-10-9-19-14-31-21(12-25(19)33-24)13-27(36)32-20-5-3-6-22(11-20)40(37,38)28(29)30/h3-12,14,17-18,28H,13,15-16H2,1-2H3,(H,32,36)/t17-,18+. The third kappa shape index (κ3) is 6.07. The molecule has 0 bridgehead atoms. The van der Waals surface area contributed by atoms with Crippen LogP contribution < -0.4 is 10.2 Å². The van der Waals surface area contributed by atoms with Gasteiger partial charge in [0.25, 0.3) is 0 Å². The topological polar surface area (TPSA) is 114 Å². The fourth-order valence-electron chi connectivity index (χ4n) is 4.63. The van der Waals surface area contributed by atoms with Crippen molar-refractivity contribution in [1.29, 1.82) is 0 Å². The van der Waals surface area contributed by atoms with Crippen molar-refractivity contribution in [3.63, 3.8) is 0 Å². The Bertz CT molecular complexity index is 1660. The molecule has 1 aliphatic heterocycles. The molecule has 0 saturated carbocycles. The smallest absolute Gasteiger partial charge is 0.341 e. The van der Waals surface area contributed by atoms with Crippen molar-refractivity contribution in [2.45, 2.75) is 43.1 Å². The van der Waals surface area contributed by atoms with Gasteiger partial charge in [-0.15, -0.1) is 0 Å². The van der Waals surface area contributed by atoms with Gasteiger partial charge >= 0.3 is 5.76 Å². The number of hydrogen-bond donors (Lipinski definition) is 1. The molecule has 1 fully saturated rings. The first-order chi connectivity index (χ1) is 19.1. The number of benzene rings is 1. The van der Waals surface area contributed by atoms with Crippen molar-refractivity contribution in [1.82, 2.24) is 15.0 Å². The molecule has 0 aliphatic carbocycles. The van der Waals surface area contributed by atoms with Crippen molar-refractivity contribution in [2.75, 3.05) is 23.3 Å². The van der Waals surface area contributed by atoms with Crippen LogP contribution in [0, 0.1) is 0 Å². The number of alkyl halides is 2. The van der Waals surface area contributed by atoms with Crippen LogP contribution >= 0.6 is 0 Å². The quantitative estimate of drug-likeness (QED) is 0.348. The van der Waals surface area contributed by atoms with E-state index in [1.807, 2.05) is 44.2 Å². The SMILES string of the molecule is C[C@@H]1CN(c2cccc(-c3ccc4cnc(CC(=O)Nc5cccc(S(=O)(=O)C(F)F)c5)cc4n3)n2)C[C@H](C)O1. The Balaban J connectivity index is 1.33. The summed E-state index contributed by atoms with van der Waals surface area (Å²) in [6.07, 6.45) is 1.69. The van der Waals surface area contributed by atoms with E-state index in [2.05, 4.69) is 15.2 Å². The van der Waals surface area contributed by atoms with Gasteiger partial charge in [0.05, 0.1) is 46.1 Å². The van der Waals surface area contributed by atoms with Gasteiger partial charge < -0.3 is 15.0 Å². The normalized spacial score (nSPS) is 17.8. The number of halogens is 2. The second-order valence-electron chi connectivity index (χ2n) is 9.67. The van der Waals surface area contributed by atoms with E-state index in [1.54, 1.807) is 12.3 Å². The molecule has 0 unspecified atom stereocenters. The van der Waals surface area contributed by atoms with Gasteiger partial charge in [-0.3, -0.25) is 9.78 Å². The molecular weight excluding hydrogens is 540 g/mol. The fraction of sp³-hybridized carbons (Fsp3) is 0.286. The number of ether oxygens (including phenoxy) is 1. The second kappa shape index (κ2) is 11.2. The predicted octanol–water partition coefficient (Wildman–Crippen LogP) is 4.48. The number of pyridine rings is 3. The number of rotatable bonds is 7. The maximum Gasteiger partial charge on any atom is 0.341 e.